The van der Waals surface area contributed by atoms with Crippen molar-refractivity contribution in [2.45, 2.75) is 19.4 Å². The summed E-state index contributed by atoms with van der Waals surface area (Å²) in [5.41, 5.74) is 2.25. The number of carbonyl (C=O) groups excluding carboxylic acids is 1. The van der Waals surface area contributed by atoms with Gasteiger partial charge in [-0.15, -0.1) is 0 Å². The number of amides is 1. The lowest BCUT2D eigenvalue weighted by Crippen LogP contribution is -2.31. The van der Waals surface area contributed by atoms with Crippen molar-refractivity contribution in [2.24, 2.45) is 0 Å². The van der Waals surface area contributed by atoms with Crippen molar-refractivity contribution in [3.63, 3.8) is 0 Å². The van der Waals surface area contributed by atoms with E-state index in [-0.39, 0.29) is 22.8 Å². The number of para-hydroxylation sites is 1. The Morgan fingerprint density at radius 1 is 1.00 bits per heavy atom. The zero-order valence-electron chi connectivity index (χ0n) is 18.2. The van der Waals surface area contributed by atoms with Crippen LogP contribution < -0.4 is 10.2 Å². The minimum Gasteiger partial charge on any atom is -0.504 e. The molecular formula is C27H23NO5. The summed E-state index contributed by atoms with van der Waals surface area (Å²) in [6.45, 7) is 2.60. The SMILES string of the molecule is CCOc1cc([C@H]2c3c(oc4ccccc4c3=O)C(=O)N2CCc2ccccc2)ccc1O. The molecule has 1 aliphatic heterocycles. The molecule has 33 heavy (non-hydrogen) atoms. The summed E-state index contributed by atoms with van der Waals surface area (Å²) in [6, 6.07) is 21.1. The van der Waals surface area contributed by atoms with Gasteiger partial charge in [-0.05, 0) is 48.7 Å². The molecule has 2 heterocycles. The van der Waals surface area contributed by atoms with Gasteiger partial charge in [0.2, 0.25) is 5.76 Å². The molecule has 1 aromatic heterocycles. The largest absolute Gasteiger partial charge is 0.504 e. The fourth-order valence-corrected chi connectivity index (χ4v) is 4.41. The standard InChI is InChI=1S/C27H23NO5/c1-2-32-22-16-18(12-13-20(22)29)24-23-25(30)19-10-6-7-11-21(19)33-26(23)27(31)28(24)15-14-17-8-4-3-5-9-17/h3-13,16,24,29H,2,14-15H2,1H3/t24-/m0/s1. The minimum atomic E-state index is -0.642. The molecule has 166 valence electrons. The van der Waals surface area contributed by atoms with Gasteiger partial charge in [-0.3, -0.25) is 9.59 Å². The van der Waals surface area contributed by atoms with Gasteiger partial charge in [0.1, 0.15) is 5.58 Å². The molecule has 6 nitrogen and oxygen atoms in total. The summed E-state index contributed by atoms with van der Waals surface area (Å²) in [7, 11) is 0. The second-order valence-corrected chi connectivity index (χ2v) is 7.97. The van der Waals surface area contributed by atoms with Crippen LogP contribution in [0.5, 0.6) is 11.5 Å². The van der Waals surface area contributed by atoms with Crippen LogP contribution in [0.3, 0.4) is 0 Å². The molecule has 0 fully saturated rings. The van der Waals surface area contributed by atoms with E-state index in [1.165, 1.54) is 6.07 Å². The summed E-state index contributed by atoms with van der Waals surface area (Å²) >= 11 is 0. The molecule has 0 bridgehead atoms. The highest BCUT2D eigenvalue weighted by Gasteiger charge is 2.42. The van der Waals surface area contributed by atoms with E-state index in [9.17, 15) is 14.7 Å². The van der Waals surface area contributed by atoms with Crippen molar-refractivity contribution in [1.29, 1.82) is 0 Å². The second kappa shape index (κ2) is 8.47. The zero-order valence-corrected chi connectivity index (χ0v) is 18.2. The smallest absolute Gasteiger partial charge is 0.290 e. The number of hydrogen-bond donors (Lipinski definition) is 1. The maximum absolute atomic E-state index is 13.5. The van der Waals surface area contributed by atoms with Crippen molar-refractivity contribution in [3.05, 3.63) is 105 Å². The summed E-state index contributed by atoms with van der Waals surface area (Å²) in [4.78, 5) is 28.7. The maximum Gasteiger partial charge on any atom is 0.290 e. The quantitative estimate of drug-likeness (QED) is 0.470. The summed E-state index contributed by atoms with van der Waals surface area (Å²) in [5.74, 6) is 0.0678. The highest BCUT2D eigenvalue weighted by atomic mass is 16.5. The van der Waals surface area contributed by atoms with Crippen LogP contribution >= 0.6 is 0 Å². The molecule has 5 rings (SSSR count). The van der Waals surface area contributed by atoms with E-state index in [1.807, 2.05) is 37.3 Å². The fraction of sp³-hybridized carbons (Fsp3) is 0.185. The van der Waals surface area contributed by atoms with Crippen LogP contribution in [-0.4, -0.2) is 29.1 Å². The topological polar surface area (TPSA) is 80.0 Å². The number of hydrogen-bond acceptors (Lipinski definition) is 5. The lowest BCUT2D eigenvalue weighted by Gasteiger charge is -2.25. The van der Waals surface area contributed by atoms with Crippen LogP contribution in [0.2, 0.25) is 0 Å². The summed E-state index contributed by atoms with van der Waals surface area (Å²) in [5, 5.41) is 10.6. The molecular weight excluding hydrogens is 418 g/mol. The molecule has 0 saturated carbocycles. The molecule has 0 aliphatic carbocycles. The Balaban J connectivity index is 1.65. The van der Waals surface area contributed by atoms with Gasteiger partial charge < -0.3 is 19.2 Å². The number of phenolic OH excluding ortho intramolecular Hbond substituents is 1. The van der Waals surface area contributed by atoms with Crippen molar-refractivity contribution in [3.8, 4) is 11.5 Å². The molecule has 0 spiro atoms. The van der Waals surface area contributed by atoms with Crippen LogP contribution in [0.25, 0.3) is 11.0 Å². The van der Waals surface area contributed by atoms with E-state index in [0.717, 1.165) is 5.56 Å². The predicted molar refractivity (Wildman–Crippen MR) is 125 cm³/mol. The van der Waals surface area contributed by atoms with Crippen LogP contribution in [-0.2, 0) is 6.42 Å². The van der Waals surface area contributed by atoms with Crippen LogP contribution in [0.1, 0.15) is 40.2 Å². The lowest BCUT2D eigenvalue weighted by atomic mass is 9.98. The van der Waals surface area contributed by atoms with Gasteiger partial charge in [0, 0.05) is 6.54 Å². The van der Waals surface area contributed by atoms with Gasteiger partial charge in [0.05, 0.1) is 23.6 Å². The van der Waals surface area contributed by atoms with E-state index in [0.29, 0.717) is 47.4 Å². The minimum absolute atomic E-state index is 0.00604. The van der Waals surface area contributed by atoms with Gasteiger partial charge in [0.25, 0.3) is 5.91 Å². The van der Waals surface area contributed by atoms with Crippen molar-refractivity contribution < 1.29 is 19.1 Å². The first kappa shape index (κ1) is 20.8. The number of benzene rings is 3. The number of aromatic hydroxyl groups is 1. The molecule has 1 atom stereocenters. The van der Waals surface area contributed by atoms with Gasteiger partial charge >= 0.3 is 0 Å². The van der Waals surface area contributed by atoms with E-state index in [2.05, 4.69) is 0 Å². The molecule has 0 saturated heterocycles. The number of rotatable bonds is 6. The summed E-state index contributed by atoms with van der Waals surface area (Å²) < 4.78 is 11.5. The predicted octanol–water partition coefficient (Wildman–Crippen LogP) is 4.69. The van der Waals surface area contributed by atoms with Gasteiger partial charge in [-0.2, -0.15) is 0 Å². The Labute approximate surface area is 190 Å². The van der Waals surface area contributed by atoms with E-state index >= 15 is 0 Å². The Morgan fingerprint density at radius 2 is 1.76 bits per heavy atom. The Kier molecular flexibility index (Phi) is 5.34. The third-order valence-electron chi connectivity index (χ3n) is 5.96. The lowest BCUT2D eigenvalue weighted by molar-refractivity contribution is 0.0730. The van der Waals surface area contributed by atoms with Crippen molar-refractivity contribution in [2.75, 3.05) is 13.2 Å². The molecule has 0 unspecified atom stereocenters. The Morgan fingerprint density at radius 3 is 2.55 bits per heavy atom. The number of carbonyl (C=O) groups is 1. The van der Waals surface area contributed by atoms with E-state index < -0.39 is 6.04 Å². The number of ether oxygens (including phenoxy) is 1. The first-order valence-corrected chi connectivity index (χ1v) is 10.9. The maximum atomic E-state index is 13.5. The third kappa shape index (κ3) is 3.63. The van der Waals surface area contributed by atoms with Gasteiger partial charge in [-0.25, -0.2) is 0 Å². The van der Waals surface area contributed by atoms with Crippen molar-refractivity contribution >= 4 is 16.9 Å². The molecule has 1 amide bonds. The summed E-state index contributed by atoms with van der Waals surface area (Å²) in [6.07, 6.45) is 0.626. The van der Waals surface area contributed by atoms with Crippen molar-refractivity contribution in [1.82, 2.24) is 4.90 Å². The van der Waals surface area contributed by atoms with E-state index in [1.54, 1.807) is 41.3 Å². The van der Waals surface area contributed by atoms with Gasteiger partial charge in [-0.1, -0.05) is 48.5 Å². The number of phenols is 1. The first-order valence-electron chi connectivity index (χ1n) is 10.9. The third-order valence-corrected chi connectivity index (χ3v) is 5.96. The average molecular weight is 441 g/mol. The van der Waals surface area contributed by atoms with E-state index in [4.69, 9.17) is 9.15 Å². The molecule has 1 aliphatic rings. The van der Waals surface area contributed by atoms with Gasteiger partial charge in [0.15, 0.2) is 16.9 Å². The highest BCUT2D eigenvalue weighted by Crippen LogP contribution is 2.40. The first-order chi connectivity index (χ1) is 16.1. The fourth-order valence-electron chi connectivity index (χ4n) is 4.41. The number of nitrogens with zero attached hydrogens (tertiary/aromatic N) is 1. The Bertz CT molecular complexity index is 1390. The number of fused-ring (bicyclic) bond motifs is 2. The molecule has 0 radical (unpaired) electrons. The van der Waals surface area contributed by atoms with Crippen LogP contribution in [0, 0.1) is 0 Å². The van der Waals surface area contributed by atoms with Crippen LogP contribution in [0.15, 0.2) is 82.0 Å². The van der Waals surface area contributed by atoms with Crippen LogP contribution in [0.4, 0.5) is 0 Å². The normalized spacial score (nSPS) is 15.1. The molecule has 6 heteroatoms. The zero-order chi connectivity index (χ0) is 22.9. The monoisotopic (exact) mass is 441 g/mol. The Hall–Kier alpha value is -4.06. The average Bonchev–Trinajstić information content (AvgIpc) is 3.12. The second-order valence-electron chi connectivity index (χ2n) is 7.97. The molecule has 4 aromatic rings. The molecule has 3 aromatic carbocycles. The highest BCUT2D eigenvalue weighted by molar-refractivity contribution is 5.99. The molecule has 1 N–H and O–H groups in total.